The maximum Gasteiger partial charge on any atom is 0.297 e. The predicted molar refractivity (Wildman–Crippen MR) is 134 cm³/mol. The van der Waals surface area contributed by atoms with Crippen LogP contribution in [0.4, 0.5) is 14.6 Å². The van der Waals surface area contributed by atoms with Gasteiger partial charge in [0.2, 0.25) is 0 Å². The minimum absolute atomic E-state index is 0.0445. The Kier molecular flexibility index (Phi) is 6.06. The molecule has 1 spiro atoms. The van der Waals surface area contributed by atoms with Crippen LogP contribution < -0.4 is 5.01 Å². The minimum atomic E-state index is -2.99. The van der Waals surface area contributed by atoms with E-state index in [1.54, 1.807) is 23.4 Å². The zero-order valence-electron chi connectivity index (χ0n) is 19.8. The summed E-state index contributed by atoms with van der Waals surface area (Å²) in [6.07, 6.45) is 6.42. The van der Waals surface area contributed by atoms with E-state index in [0.717, 1.165) is 43.3 Å². The number of anilines is 1. The van der Waals surface area contributed by atoms with E-state index in [1.807, 2.05) is 17.1 Å². The molecule has 3 aromatic heterocycles. The van der Waals surface area contributed by atoms with Crippen molar-refractivity contribution in [2.75, 3.05) is 37.8 Å². The molecule has 12 heteroatoms. The highest BCUT2D eigenvalue weighted by atomic mass is 35.5. The van der Waals surface area contributed by atoms with Gasteiger partial charge >= 0.3 is 0 Å². The Labute approximate surface area is 216 Å². The number of ether oxygens (including phenoxy) is 1. The van der Waals surface area contributed by atoms with Crippen LogP contribution in [0.1, 0.15) is 35.8 Å². The lowest BCUT2D eigenvalue weighted by Crippen LogP contribution is -2.50. The first-order valence-corrected chi connectivity index (χ1v) is 13.2. The molecule has 0 N–H and O–H groups in total. The summed E-state index contributed by atoms with van der Waals surface area (Å²) < 4.78 is 35.1. The first-order valence-electron chi connectivity index (χ1n) is 12.0. The monoisotopic (exact) mass is 533 g/mol. The smallest absolute Gasteiger partial charge is 0.297 e. The topological polar surface area (TPSA) is 71.7 Å². The van der Waals surface area contributed by atoms with Gasteiger partial charge in [-0.05, 0) is 31.9 Å². The molecule has 3 aromatic rings. The number of hydrogen-bond donors (Lipinski definition) is 0. The molecule has 1 atom stereocenters. The van der Waals surface area contributed by atoms with Crippen LogP contribution in [0.3, 0.4) is 0 Å². The van der Waals surface area contributed by atoms with E-state index >= 15 is 0 Å². The zero-order valence-corrected chi connectivity index (χ0v) is 21.4. The number of likely N-dealkylation sites (tertiary alicyclic amines) is 1. The molecule has 3 aliphatic rings. The number of nitrogens with zero attached hydrogens (tertiary/aromatic N) is 7. The van der Waals surface area contributed by atoms with Gasteiger partial charge in [-0.15, -0.1) is 11.3 Å². The van der Waals surface area contributed by atoms with Gasteiger partial charge in [0, 0.05) is 53.5 Å². The van der Waals surface area contributed by atoms with Crippen molar-refractivity contribution in [2.24, 2.45) is 11.0 Å². The third-order valence-corrected chi connectivity index (χ3v) is 8.78. The SMILES string of the molecule is CC1=NN(c2ncccc2Cn2nccn2)CC1CN1CCC2(CC1)OCC(F)(F)c1cc(Cl)sc12. The van der Waals surface area contributed by atoms with Gasteiger partial charge in [-0.1, -0.05) is 17.7 Å². The highest BCUT2D eigenvalue weighted by Crippen LogP contribution is 2.52. The summed E-state index contributed by atoms with van der Waals surface area (Å²) in [5.74, 6) is -1.92. The first-order chi connectivity index (χ1) is 17.3. The lowest BCUT2D eigenvalue weighted by Gasteiger charge is -2.45. The quantitative estimate of drug-likeness (QED) is 0.485. The van der Waals surface area contributed by atoms with Crippen LogP contribution in [-0.2, 0) is 22.8 Å². The van der Waals surface area contributed by atoms with Gasteiger partial charge in [0.05, 0.1) is 29.8 Å². The molecule has 1 fully saturated rings. The van der Waals surface area contributed by atoms with Gasteiger partial charge in [0.1, 0.15) is 12.2 Å². The van der Waals surface area contributed by atoms with E-state index in [0.29, 0.717) is 28.6 Å². The number of pyridine rings is 1. The van der Waals surface area contributed by atoms with E-state index in [9.17, 15) is 8.78 Å². The molecule has 8 nitrogen and oxygen atoms in total. The van der Waals surface area contributed by atoms with E-state index in [-0.39, 0.29) is 11.5 Å². The molecule has 6 heterocycles. The standard InChI is InChI=1S/C24H26ClF2N7OS/c1-16-18(13-33(31-16)22-17(3-2-6-28-22)14-34-29-7-8-30-34)12-32-9-4-23(5-10-32)21-19(11-20(25)36-21)24(26,27)15-35-23/h2-3,6-8,11,18H,4-5,9-10,12-15H2,1H3. The van der Waals surface area contributed by atoms with E-state index in [4.69, 9.17) is 21.4 Å². The van der Waals surface area contributed by atoms with Gasteiger partial charge in [0.25, 0.3) is 5.92 Å². The third kappa shape index (κ3) is 4.31. The van der Waals surface area contributed by atoms with Gasteiger partial charge in [-0.3, -0.25) is 0 Å². The summed E-state index contributed by atoms with van der Waals surface area (Å²) in [6.45, 7) is 5.11. The molecule has 1 saturated heterocycles. The van der Waals surface area contributed by atoms with Crippen LogP contribution in [0.2, 0.25) is 4.34 Å². The van der Waals surface area contributed by atoms with Crippen molar-refractivity contribution in [3.63, 3.8) is 0 Å². The molecule has 1 unspecified atom stereocenters. The molecule has 0 aromatic carbocycles. The summed E-state index contributed by atoms with van der Waals surface area (Å²) in [5.41, 5.74) is 1.44. The molecular formula is C24H26ClF2N7OS. The normalized spacial score (nSPS) is 23.2. The van der Waals surface area contributed by atoms with Crippen molar-refractivity contribution in [2.45, 2.75) is 37.8 Å². The van der Waals surface area contributed by atoms with Gasteiger partial charge in [-0.2, -0.15) is 28.9 Å². The first kappa shape index (κ1) is 23.9. The Balaban J connectivity index is 1.12. The van der Waals surface area contributed by atoms with E-state index in [1.165, 1.54) is 17.4 Å². The van der Waals surface area contributed by atoms with Crippen molar-refractivity contribution >= 4 is 34.5 Å². The lowest BCUT2D eigenvalue weighted by atomic mass is 9.84. The second-order valence-corrected chi connectivity index (χ2v) is 11.3. The third-order valence-electron chi connectivity index (χ3n) is 7.33. The number of hydrogen-bond acceptors (Lipinski definition) is 8. The highest BCUT2D eigenvalue weighted by molar-refractivity contribution is 7.16. The average Bonchev–Trinajstić information content (AvgIpc) is 3.60. The maximum atomic E-state index is 14.4. The summed E-state index contributed by atoms with van der Waals surface area (Å²) >= 11 is 7.37. The number of piperidine rings is 1. The van der Waals surface area contributed by atoms with Gasteiger partial charge in [0.15, 0.2) is 5.82 Å². The number of fused-ring (bicyclic) bond motifs is 2. The fourth-order valence-corrected chi connectivity index (χ4v) is 6.84. The van der Waals surface area contributed by atoms with Crippen molar-refractivity contribution in [3.8, 4) is 0 Å². The highest BCUT2D eigenvalue weighted by Gasteiger charge is 2.51. The van der Waals surface area contributed by atoms with Crippen molar-refractivity contribution < 1.29 is 13.5 Å². The summed E-state index contributed by atoms with van der Waals surface area (Å²) in [6, 6.07) is 5.34. The van der Waals surface area contributed by atoms with Crippen LogP contribution >= 0.6 is 22.9 Å². The van der Waals surface area contributed by atoms with Crippen LogP contribution in [0.15, 0.2) is 41.9 Å². The number of halogens is 3. The number of thiophene rings is 1. The second kappa shape index (κ2) is 9.13. The van der Waals surface area contributed by atoms with Crippen molar-refractivity contribution in [1.82, 2.24) is 24.9 Å². The molecule has 0 bridgehead atoms. The molecule has 0 saturated carbocycles. The second-order valence-electron chi connectivity index (χ2n) is 9.65. The number of aromatic nitrogens is 4. The van der Waals surface area contributed by atoms with Crippen LogP contribution in [-0.4, -0.2) is 63.4 Å². The summed E-state index contributed by atoms with van der Waals surface area (Å²) in [5, 5.41) is 15.2. The molecular weight excluding hydrogens is 508 g/mol. The average molecular weight is 534 g/mol. The van der Waals surface area contributed by atoms with Crippen molar-refractivity contribution in [1.29, 1.82) is 0 Å². The molecule has 6 rings (SSSR count). The number of alkyl halides is 2. The van der Waals surface area contributed by atoms with Crippen LogP contribution in [0.5, 0.6) is 0 Å². The Bertz CT molecular complexity index is 1270. The van der Waals surface area contributed by atoms with Crippen molar-refractivity contribution in [3.05, 3.63) is 57.1 Å². The van der Waals surface area contributed by atoms with Crippen LogP contribution in [0.25, 0.3) is 0 Å². The predicted octanol–water partition coefficient (Wildman–Crippen LogP) is 4.36. The Morgan fingerprint density at radius 1 is 1.19 bits per heavy atom. The summed E-state index contributed by atoms with van der Waals surface area (Å²) in [7, 11) is 0. The molecule has 0 radical (unpaired) electrons. The van der Waals surface area contributed by atoms with Crippen LogP contribution in [0, 0.1) is 5.92 Å². The molecule has 36 heavy (non-hydrogen) atoms. The molecule has 3 aliphatic heterocycles. The fraction of sp³-hybridized carbons (Fsp3) is 0.500. The summed E-state index contributed by atoms with van der Waals surface area (Å²) in [4.78, 5) is 9.21. The molecule has 0 amide bonds. The minimum Gasteiger partial charge on any atom is -0.363 e. The van der Waals surface area contributed by atoms with Gasteiger partial charge in [-0.25, -0.2) is 9.99 Å². The van der Waals surface area contributed by atoms with E-state index < -0.39 is 18.1 Å². The Morgan fingerprint density at radius 3 is 2.75 bits per heavy atom. The zero-order chi connectivity index (χ0) is 24.9. The maximum absolute atomic E-state index is 14.4. The lowest BCUT2D eigenvalue weighted by molar-refractivity contribution is -0.181. The Hall–Kier alpha value is -2.47. The number of hydrazone groups is 1. The Morgan fingerprint density at radius 2 is 1.97 bits per heavy atom. The van der Waals surface area contributed by atoms with E-state index in [2.05, 4.69) is 27.0 Å². The number of rotatable bonds is 5. The molecule has 0 aliphatic carbocycles. The molecule has 190 valence electrons. The largest absolute Gasteiger partial charge is 0.363 e. The fourth-order valence-electron chi connectivity index (χ4n) is 5.36. The van der Waals surface area contributed by atoms with Gasteiger partial charge < -0.3 is 9.64 Å².